The predicted octanol–water partition coefficient (Wildman–Crippen LogP) is 7.47. The maximum absolute atomic E-state index is 13.5. The van der Waals surface area contributed by atoms with E-state index in [0.717, 1.165) is 25.8 Å². The first kappa shape index (κ1) is 26.7. The van der Waals surface area contributed by atoms with Crippen LogP contribution in [0.3, 0.4) is 0 Å². The number of nitrogens with zero attached hydrogens (tertiary/aromatic N) is 2. The monoisotopic (exact) mass is 571 g/mol. The number of carbonyl (C=O) groups excluding carboxylic acids is 3. The SMILES string of the molecule is O=C(Nc1ccc(Sc2ccc([N+](=O)[O-])cc2)cc1)c1ccc2c(c1)C(=O)N(c1ccccc1-c1ccccc1)C2=O. The van der Waals surface area contributed by atoms with E-state index in [1.165, 1.54) is 42.1 Å². The number of amides is 3. The van der Waals surface area contributed by atoms with E-state index in [9.17, 15) is 24.5 Å². The van der Waals surface area contributed by atoms with E-state index in [0.29, 0.717) is 11.4 Å². The van der Waals surface area contributed by atoms with Crippen molar-refractivity contribution in [3.63, 3.8) is 0 Å². The highest BCUT2D eigenvalue weighted by molar-refractivity contribution is 7.99. The van der Waals surface area contributed by atoms with Gasteiger partial charge < -0.3 is 5.32 Å². The second-order valence-electron chi connectivity index (χ2n) is 9.42. The van der Waals surface area contributed by atoms with E-state index in [1.807, 2.05) is 54.6 Å². The van der Waals surface area contributed by atoms with Gasteiger partial charge >= 0.3 is 0 Å². The van der Waals surface area contributed by atoms with Gasteiger partial charge in [-0.05, 0) is 66.2 Å². The zero-order valence-electron chi connectivity index (χ0n) is 21.9. The Labute approximate surface area is 244 Å². The van der Waals surface area contributed by atoms with Crippen LogP contribution in [0.4, 0.5) is 17.1 Å². The maximum Gasteiger partial charge on any atom is 0.269 e. The number of nitrogens with one attached hydrogen (secondary N) is 1. The Kier molecular flexibility index (Phi) is 7.08. The summed E-state index contributed by atoms with van der Waals surface area (Å²) in [5.74, 6) is -1.34. The number of anilines is 2. The fourth-order valence-electron chi connectivity index (χ4n) is 4.71. The number of non-ortho nitro benzene ring substituents is 1. The number of benzene rings is 5. The molecule has 1 aliphatic rings. The molecule has 0 atom stereocenters. The van der Waals surface area contributed by atoms with Crippen molar-refractivity contribution in [1.82, 2.24) is 0 Å². The highest BCUT2D eigenvalue weighted by Gasteiger charge is 2.38. The zero-order chi connectivity index (χ0) is 29.2. The Bertz CT molecular complexity index is 1860. The van der Waals surface area contributed by atoms with Crippen LogP contribution < -0.4 is 10.2 Å². The summed E-state index contributed by atoms with van der Waals surface area (Å²) >= 11 is 1.43. The van der Waals surface area contributed by atoms with Gasteiger partial charge in [0.25, 0.3) is 23.4 Å². The third-order valence-corrected chi connectivity index (χ3v) is 7.79. The van der Waals surface area contributed by atoms with Gasteiger partial charge in [0.2, 0.25) is 0 Å². The molecule has 1 N–H and O–H groups in total. The largest absolute Gasteiger partial charge is 0.322 e. The summed E-state index contributed by atoms with van der Waals surface area (Å²) in [7, 11) is 0. The van der Waals surface area contributed by atoms with E-state index >= 15 is 0 Å². The van der Waals surface area contributed by atoms with Crippen LogP contribution in [0.1, 0.15) is 31.1 Å². The number of carbonyl (C=O) groups is 3. The second-order valence-corrected chi connectivity index (χ2v) is 10.6. The molecule has 8 nitrogen and oxygen atoms in total. The number of imide groups is 1. The van der Waals surface area contributed by atoms with Crippen LogP contribution in [0.5, 0.6) is 0 Å². The molecule has 5 aromatic rings. The average Bonchev–Trinajstić information content (AvgIpc) is 3.27. The highest BCUT2D eigenvalue weighted by Crippen LogP contribution is 2.36. The number of hydrogen-bond acceptors (Lipinski definition) is 6. The lowest BCUT2D eigenvalue weighted by molar-refractivity contribution is -0.384. The molecule has 42 heavy (non-hydrogen) atoms. The summed E-state index contributed by atoms with van der Waals surface area (Å²) in [6.07, 6.45) is 0. The van der Waals surface area contributed by atoms with Crippen molar-refractivity contribution in [1.29, 1.82) is 0 Å². The van der Waals surface area contributed by atoms with Gasteiger partial charge in [-0.3, -0.25) is 24.5 Å². The van der Waals surface area contributed by atoms with Gasteiger partial charge in [-0.15, -0.1) is 0 Å². The minimum atomic E-state index is -0.486. The smallest absolute Gasteiger partial charge is 0.269 e. The lowest BCUT2D eigenvalue weighted by Gasteiger charge is -2.18. The highest BCUT2D eigenvalue weighted by atomic mass is 32.2. The van der Waals surface area contributed by atoms with Crippen LogP contribution in [0.15, 0.2) is 131 Å². The molecule has 0 aromatic heterocycles. The lowest BCUT2D eigenvalue weighted by Crippen LogP contribution is -2.29. The summed E-state index contributed by atoms with van der Waals surface area (Å²) in [5.41, 5.74) is 3.35. The second kappa shape index (κ2) is 11.1. The molecule has 5 aromatic carbocycles. The first-order valence-electron chi connectivity index (χ1n) is 12.9. The van der Waals surface area contributed by atoms with E-state index in [2.05, 4.69) is 5.32 Å². The van der Waals surface area contributed by atoms with Gasteiger partial charge in [-0.25, -0.2) is 4.90 Å². The molecule has 1 aliphatic heterocycles. The minimum Gasteiger partial charge on any atom is -0.322 e. The van der Waals surface area contributed by atoms with Crippen molar-refractivity contribution in [3.05, 3.63) is 148 Å². The molecule has 204 valence electrons. The Balaban J connectivity index is 1.18. The molecule has 6 rings (SSSR count). The van der Waals surface area contributed by atoms with E-state index in [4.69, 9.17) is 0 Å². The summed E-state index contributed by atoms with van der Waals surface area (Å²) in [6, 6.07) is 34.7. The Morgan fingerprint density at radius 3 is 2.00 bits per heavy atom. The predicted molar refractivity (Wildman–Crippen MR) is 161 cm³/mol. The van der Waals surface area contributed by atoms with Gasteiger partial charge in [0.15, 0.2) is 0 Å². The normalized spacial score (nSPS) is 12.2. The Morgan fingerprint density at radius 1 is 0.690 bits per heavy atom. The van der Waals surface area contributed by atoms with Crippen LogP contribution in [0.2, 0.25) is 0 Å². The van der Waals surface area contributed by atoms with Crippen molar-refractivity contribution in [2.24, 2.45) is 0 Å². The number of nitro benzene ring substituents is 1. The minimum absolute atomic E-state index is 0.0275. The van der Waals surface area contributed by atoms with Gasteiger partial charge in [0.05, 0.1) is 21.7 Å². The fourth-order valence-corrected chi connectivity index (χ4v) is 5.53. The molecule has 0 fully saturated rings. The van der Waals surface area contributed by atoms with Gasteiger partial charge in [0, 0.05) is 38.7 Å². The number of fused-ring (bicyclic) bond motifs is 1. The third kappa shape index (κ3) is 5.16. The van der Waals surface area contributed by atoms with Crippen LogP contribution in [-0.4, -0.2) is 22.6 Å². The zero-order valence-corrected chi connectivity index (χ0v) is 22.7. The fraction of sp³-hybridized carbons (Fsp3) is 0. The lowest BCUT2D eigenvalue weighted by atomic mass is 10.0. The molecule has 0 unspecified atom stereocenters. The van der Waals surface area contributed by atoms with E-state index in [1.54, 1.807) is 36.4 Å². The summed E-state index contributed by atoms with van der Waals surface area (Å²) in [5, 5.41) is 13.7. The van der Waals surface area contributed by atoms with Crippen LogP contribution >= 0.6 is 11.8 Å². The molecule has 0 bridgehead atoms. The topological polar surface area (TPSA) is 110 Å². The molecule has 3 amide bonds. The number of rotatable bonds is 7. The van der Waals surface area contributed by atoms with Crippen molar-refractivity contribution in [3.8, 4) is 11.1 Å². The van der Waals surface area contributed by atoms with Crippen LogP contribution in [0.25, 0.3) is 11.1 Å². The average molecular weight is 572 g/mol. The van der Waals surface area contributed by atoms with Gasteiger partial charge in [-0.2, -0.15) is 0 Å². The Hall–Kier alpha value is -5.54. The number of hydrogen-bond donors (Lipinski definition) is 1. The van der Waals surface area contributed by atoms with Crippen molar-refractivity contribution in [2.45, 2.75) is 9.79 Å². The molecule has 0 aliphatic carbocycles. The molecule has 0 radical (unpaired) electrons. The standard InChI is InChI=1S/C33H21N3O5S/c37-31(34-23-11-15-25(16-12-23)42-26-17-13-24(14-18-26)36(40)41)22-10-19-28-29(20-22)33(39)35(32(28)38)30-9-5-4-8-27(30)21-6-2-1-3-7-21/h1-20H,(H,34,37). The molecular weight excluding hydrogens is 550 g/mol. The summed E-state index contributed by atoms with van der Waals surface area (Å²) in [4.78, 5) is 53.2. The quantitative estimate of drug-likeness (QED) is 0.123. The molecule has 1 heterocycles. The van der Waals surface area contributed by atoms with Gasteiger partial charge in [-0.1, -0.05) is 60.3 Å². The van der Waals surface area contributed by atoms with Crippen molar-refractivity contribution < 1.29 is 19.3 Å². The summed E-state index contributed by atoms with van der Waals surface area (Å²) < 4.78 is 0. The molecule has 0 spiro atoms. The molecular formula is C33H21N3O5S. The maximum atomic E-state index is 13.5. The number of para-hydroxylation sites is 1. The first-order chi connectivity index (χ1) is 20.4. The Morgan fingerprint density at radius 2 is 1.31 bits per heavy atom. The van der Waals surface area contributed by atoms with E-state index < -0.39 is 22.6 Å². The van der Waals surface area contributed by atoms with Gasteiger partial charge in [0.1, 0.15) is 0 Å². The van der Waals surface area contributed by atoms with Crippen LogP contribution in [-0.2, 0) is 0 Å². The molecule has 0 saturated carbocycles. The molecule has 9 heteroatoms. The van der Waals surface area contributed by atoms with Crippen LogP contribution in [0, 0.1) is 10.1 Å². The number of nitro groups is 1. The summed E-state index contributed by atoms with van der Waals surface area (Å²) in [6.45, 7) is 0. The third-order valence-electron chi connectivity index (χ3n) is 6.77. The van der Waals surface area contributed by atoms with Crippen molar-refractivity contribution in [2.75, 3.05) is 10.2 Å². The van der Waals surface area contributed by atoms with E-state index in [-0.39, 0.29) is 22.4 Å². The van der Waals surface area contributed by atoms with Crippen molar-refractivity contribution >= 4 is 46.5 Å². The first-order valence-corrected chi connectivity index (χ1v) is 13.7. The molecule has 0 saturated heterocycles.